The first-order chi connectivity index (χ1) is 9.66. The summed E-state index contributed by atoms with van der Waals surface area (Å²) in [6.45, 7) is 9.47. The predicted octanol–water partition coefficient (Wildman–Crippen LogP) is 1.59. The second kappa shape index (κ2) is 5.95. The molecule has 2 N–H and O–H groups in total. The van der Waals surface area contributed by atoms with Crippen LogP contribution in [0.15, 0.2) is 0 Å². The smallest absolute Gasteiger partial charge is 0.407 e. The molecular weight excluding hydrogens is 292 g/mol. The third kappa shape index (κ3) is 3.47. The van der Waals surface area contributed by atoms with Crippen LogP contribution < -0.4 is 4.72 Å². The molecule has 1 spiro atoms. The molecule has 2 heterocycles. The minimum atomic E-state index is -1.15. The van der Waals surface area contributed by atoms with Gasteiger partial charge in [0.05, 0.1) is 18.8 Å². The van der Waals surface area contributed by atoms with E-state index < -0.39 is 17.5 Å². The van der Waals surface area contributed by atoms with Gasteiger partial charge in [-0.3, -0.25) is 0 Å². The van der Waals surface area contributed by atoms with E-state index in [0.717, 1.165) is 12.8 Å². The van der Waals surface area contributed by atoms with Crippen LogP contribution in [0.25, 0.3) is 0 Å². The molecule has 2 rings (SSSR count). The summed E-state index contributed by atoms with van der Waals surface area (Å²) in [6.07, 6.45) is 0.637. The normalized spacial score (nSPS) is 30.6. The fourth-order valence-corrected chi connectivity index (χ4v) is 4.12. The van der Waals surface area contributed by atoms with Crippen LogP contribution in [0.5, 0.6) is 0 Å². The Morgan fingerprint density at radius 3 is 2.48 bits per heavy atom. The van der Waals surface area contributed by atoms with E-state index in [2.05, 4.69) is 4.72 Å². The van der Waals surface area contributed by atoms with Crippen LogP contribution in [0.4, 0.5) is 4.79 Å². The van der Waals surface area contributed by atoms with Crippen molar-refractivity contribution in [2.75, 3.05) is 19.7 Å². The lowest BCUT2D eigenvalue weighted by Crippen LogP contribution is -2.57. The molecule has 2 saturated heterocycles. The van der Waals surface area contributed by atoms with E-state index in [-0.39, 0.29) is 22.3 Å². The monoisotopic (exact) mass is 318 g/mol. The molecule has 6 nitrogen and oxygen atoms in total. The van der Waals surface area contributed by atoms with E-state index in [4.69, 9.17) is 9.84 Å². The molecule has 0 bridgehead atoms. The van der Waals surface area contributed by atoms with Gasteiger partial charge in [0.1, 0.15) is 4.75 Å². The summed E-state index contributed by atoms with van der Waals surface area (Å²) in [4.78, 5) is 12.5. The Morgan fingerprint density at radius 2 is 2.00 bits per heavy atom. The van der Waals surface area contributed by atoms with Crippen molar-refractivity contribution in [2.24, 2.45) is 5.41 Å². The number of nitrogens with zero attached hydrogens (tertiary/aromatic N) is 1. The molecular formula is C14H26N2O4S. The van der Waals surface area contributed by atoms with Crippen LogP contribution in [0.2, 0.25) is 0 Å². The average Bonchev–Trinajstić information content (AvgIpc) is 2.68. The Kier molecular flexibility index (Phi) is 4.78. The lowest BCUT2D eigenvalue weighted by molar-refractivity contribution is 0.0644. The second-order valence-corrected chi connectivity index (χ2v) is 9.12. The Bertz CT molecular complexity index is 391. The average molecular weight is 318 g/mol. The van der Waals surface area contributed by atoms with Crippen LogP contribution >= 0.6 is 0 Å². The molecule has 1 amide bonds. The van der Waals surface area contributed by atoms with E-state index in [9.17, 15) is 9.35 Å². The molecule has 0 aromatic carbocycles. The Labute approximate surface area is 129 Å². The molecule has 0 unspecified atom stereocenters. The molecule has 122 valence electrons. The standard InChI is InChI=1S/C14H26N2O4S/c1-10-11(15-21(19)13(2,3)4)14(9-20-10)5-7-16(8-6-14)12(17)18/h10-11,15H,5-9H2,1-4H3,(H,17,18)/t10-,11+,21-/m1/s1. The highest BCUT2D eigenvalue weighted by molar-refractivity contribution is 7.90. The van der Waals surface area contributed by atoms with Crippen molar-refractivity contribution in [3.63, 3.8) is 0 Å². The van der Waals surface area contributed by atoms with Gasteiger partial charge in [0.2, 0.25) is 0 Å². The number of hydrogen-bond donors (Lipinski definition) is 2. The van der Waals surface area contributed by atoms with E-state index >= 15 is 0 Å². The zero-order valence-corrected chi connectivity index (χ0v) is 14.0. The molecule has 21 heavy (non-hydrogen) atoms. The quantitative estimate of drug-likeness (QED) is 0.755. The van der Waals surface area contributed by atoms with E-state index in [0.29, 0.717) is 19.7 Å². The predicted molar refractivity (Wildman–Crippen MR) is 81.5 cm³/mol. The summed E-state index contributed by atoms with van der Waals surface area (Å²) in [5.41, 5.74) is -0.105. The summed E-state index contributed by atoms with van der Waals surface area (Å²) in [5, 5.41) is 9.07. The Hall–Kier alpha value is -0.500. The first kappa shape index (κ1) is 16.9. The number of ether oxygens (including phenoxy) is 1. The number of carboxylic acid groups (broad SMARTS) is 1. The van der Waals surface area contributed by atoms with Crippen molar-refractivity contribution in [1.29, 1.82) is 0 Å². The molecule has 0 aromatic rings. The van der Waals surface area contributed by atoms with Crippen LogP contribution in [-0.4, -0.2) is 57.2 Å². The SMILES string of the molecule is C[C@H]1OCC2(CCN(C(=O)O)CC2)[C@H]1N[S@+]([O-])C(C)(C)C. The topological polar surface area (TPSA) is 84.9 Å². The summed E-state index contributed by atoms with van der Waals surface area (Å²) in [6, 6.07) is 0.00787. The minimum absolute atomic E-state index is 0.00678. The highest BCUT2D eigenvalue weighted by Gasteiger charge is 2.52. The maximum absolute atomic E-state index is 12.4. The van der Waals surface area contributed by atoms with Crippen molar-refractivity contribution in [2.45, 2.75) is 57.4 Å². The van der Waals surface area contributed by atoms with Crippen molar-refractivity contribution in [1.82, 2.24) is 9.62 Å². The van der Waals surface area contributed by atoms with Crippen molar-refractivity contribution in [3.05, 3.63) is 0 Å². The van der Waals surface area contributed by atoms with Gasteiger partial charge in [0.15, 0.2) is 0 Å². The zero-order chi connectivity index (χ0) is 15.8. The van der Waals surface area contributed by atoms with Gasteiger partial charge in [-0.1, -0.05) is 0 Å². The minimum Gasteiger partial charge on any atom is -0.598 e. The molecule has 0 aliphatic carbocycles. The molecule has 2 aliphatic heterocycles. The van der Waals surface area contributed by atoms with Crippen molar-refractivity contribution >= 4 is 17.5 Å². The lowest BCUT2D eigenvalue weighted by Gasteiger charge is -2.42. The third-order valence-corrected chi connectivity index (χ3v) is 6.16. The van der Waals surface area contributed by atoms with Crippen LogP contribution in [0, 0.1) is 5.41 Å². The van der Waals surface area contributed by atoms with Gasteiger partial charge in [0.25, 0.3) is 0 Å². The number of hydrogen-bond acceptors (Lipinski definition) is 4. The van der Waals surface area contributed by atoms with Gasteiger partial charge in [-0.05, 0) is 40.5 Å². The van der Waals surface area contributed by atoms with Gasteiger partial charge < -0.3 is 19.3 Å². The maximum Gasteiger partial charge on any atom is 0.407 e. The van der Waals surface area contributed by atoms with E-state index in [1.54, 1.807) is 0 Å². The van der Waals surface area contributed by atoms with Gasteiger partial charge in [-0.2, -0.15) is 0 Å². The molecule has 0 radical (unpaired) electrons. The lowest BCUT2D eigenvalue weighted by atomic mass is 9.73. The highest BCUT2D eigenvalue weighted by Crippen LogP contribution is 2.42. The molecule has 0 saturated carbocycles. The number of nitrogens with one attached hydrogen (secondary N) is 1. The van der Waals surface area contributed by atoms with E-state index in [1.165, 1.54) is 4.90 Å². The van der Waals surface area contributed by atoms with Gasteiger partial charge >= 0.3 is 6.09 Å². The van der Waals surface area contributed by atoms with Gasteiger partial charge in [0, 0.05) is 29.9 Å². The summed E-state index contributed by atoms with van der Waals surface area (Å²) in [5.74, 6) is 0. The maximum atomic E-state index is 12.4. The van der Waals surface area contributed by atoms with Gasteiger partial charge in [-0.25, -0.2) is 4.79 Å². The highest BCUT2D eigenvalue weighted by atomic mass is 32.2. The summed E-state index contributed by atoms with van der Waals surface area (Å²) < 4.78 is 21.1. The number of piperidine rings is 1. The molecule has 2 fully saturated rings. The molecule has 3 atom stereocenters. The van der Waals surface area contributed by atoms with E-state index in [1.807, 2.05) is 27.7 Å². The first-order valence-electron chi connectivity index (χ1n) is 7.43. The number of carbonyl (C=O) groups is 1. The Balaban J connectivity index is 2.07. The van der Waals surface area contributed by atoms with Crippen LogP contribution in [-0.2, 0) is 16.1 Å². The Morgan fingerprint density at radius 1 is 1.43 bits per heavy atom. The number of likely N-dealkylation sites (tertiary alicyclic amines) is 1. The first-order valence-corrected chi connectivity index (χ1v) is 8.58. The third-order valence-electron chi connectivity index (χ3n) is 4.58. The second-order valence-electron chi connectivity index (χ2n) is 7.12. The van der Waals surface area contributed by atoms with Crippen molar-refractivity contribution < 1.29 is 19.2 Å². The van der Waals surface area contributed by atoms with Gasteiger partial charge in [-0.15, -0.1) is 4.72 Å². The fourth-order valence-electron chi connectivity index (χ4n) is 3.09. The molecule has 7 heteroatoms. The van der Waals surface area contributed by atoms with Crippen LogP contribution in [0.3, 0.4) is 0 Å². The molecule has 2 aliphatic rings. The summed E-state index contributed by atoms with van der Waals surface area (Å²) >= 11 is -1.15. The number of amides is 1. The number of rotatable bonds is 2. The fraction of sp³-hybridized carbons (Fsp3) is 0.929. The largest absolute Gasteiger partial charge is 0.598 e. The van der Waals surface area contributed by atoms with Crippen molar-refractivity contribution in [3.8, 4) is 0 Å². The summed E-state index contributed by atoms with van der Waals surface area (Å²) in [7, 11) is 0. The zero-order valence-electron chi connectivity index (χ0n) is 13.2. The molecule has 0 aromatic heterocycles. The van der Waals surface area contributed by atoms with Crippen LogP contribution in [0.1, 0.15) is 40.5 Å².